The Hall–Kier alpha value is -2.02. The van der Waals surface area contributed by atoms with Gasteiger partial charge in [-0.05, 0) is 29.6 Å². The van der Waals surface area contributed by atoms with Gasteiger partial charge in [0.05, 0.1) is 11.0 Å². The van der Waals surface area contributed by atoms with E-state index in [-0.39, 0.29) is 0 Å². The summed E-state index contributed by atoms with van der Waals surface area (Å²) in [7, 11) is 1.92. The second-order valence-electron chi connectivity index (χ2n) is 3.38. The normalized spacial score (nSPS) is 11.1. The summed E-state index contributed by atoms with van der Waals surface area (Å²) in [4.78, 5) is 0. The van der Waals surface area contributed by atoms with E-state index in [0.717, 1.165) is 11.0 Å². The molecule has 0 amide bonds. The van der Waals surface area contributed by atoms with E-state index in [1.807, 2.05) is 35.9 Å². The molecule has 0 bridgehead atoms. The van der Waals surface area contributed by atoms with E-state index in [1.165, 1.54) is 0 Å². The molecule has 0 unspecified atom stereocenters. The molecular formula is C9H8N6S. The summed E-state index contributed by atoms with van der Waals surface area (Å²) in [5, 5.41) is 13.9. The van der Waals surface area contributed by atoms with Crippen LogP contribution < -0.4 is 0 Å². The first-order valence-electron chi connectivity index (χ1n) is 4.69. The number of tetrazole rings is 1. The number of nitrogens with one attached hydrogen (secondary N) is 1. The maximum absolute atomic E-state index is 5.35. The van der Waals surface area contributed by atoms with E-state index >= 15 is 0 Å². The van der Waals surface area contributed by atoms with Gasteiger partial charge in [-0.25, -0.2) is 0 Å². The number of hydrogen-bond donors (Lipinski definition) is 1. The molecule has 2 heterocycles. The van der Waals surface area contributed by atoms with Crippen LogP contribution in [0.25, 0.3) is 17.0 Å². The fourth-order valence-electron chi connectivity index (χ4n) is 1.74. The van der Waals surface area contributed by atoms with Crippen LogP contribution in [-0.2, 0) is 7.05 Å². The first kappa shape index (κ1) is 9.22. The van der Waals surface area contributed by atoms with Gasteiger partial charge < -0.3 is 4.57 Å². The van der Waals surface area contributed by atoms with Gasteiger partial charge in [0.2, 0.25) is 0 Å². The largest absolute Gasteiger partial charge is 0.319 e. The van der Waals surface area contributed by atoms with Crippen LogP contribution in [0.3, 0.4) is 0 Å². The lowest BCUT2D eigenvalue weighted by Gasteiger charge is -1.95. The maximum atomic E-state index is 5.35. The fraction of sp³-hybridized carbons (Fsp3) is 0.111. The third kappa shape index (κ3) is 1.12. The third-order valence-corrected chi connectivity index (χ3v) is 2.95. The number of benzene rings is 1. The van der Waals surface area contributed by atoms with Gasteiger partial charge in [-0.2, -0.15) is 5.21 Å². The lowest BCUT2D eigenvalue weighted by molar-refractivity contribution is 0.855. The minimum atomic E-state index is 0.460. The van der Waals surface area contributed by atoms with E-state index < -0.39 is 0 Å². The summed E-state index contributed by atoms with van der Waals surface area (Å²) in [6.45, 7) is 0. The van der Waals surface area contributed by atoms with Crippen LogP contribution in [0, 0.1) is 4.77 Å². The number of fused-ring (bicyclic) bond motifs is 1. The van der Waals surface area contributed by atoms with Gasteiger partial charge in [0, 0.05) is 7.05 Å². The quantitative estimate of drug-likeness (QED) is 0.640. The molecule has 3 rings (SSSR count). The maximum Gasteiger partial charge on any atom is 0.276 e. The number of hydrogen-bond acceptors (Lipinski definition) is 4. The first-order valence-corrected chi connectivity index (χ1v) is 5.10. The molecule has 0 atom stereocenters. The van der Waals surface area contributed by atoms with Crippen molar-refractivity contribution >= 4 is 23.3 Å². The number of rotatable bonds is 1. The standard InChI is InChI=1S/C9H8N6S/c1-14-6-4-2-3-5-7(6)15(9(14)16)8-10-12-13-11-8/h2-5H,1H3,(H,10,11,12,13). The SMILES string of the molecule is Cn1c(=S)n(-c2nn[nH]n2)c2ccccc21. The average molecular weight is 232 g/mol. The number of aromatic nitrogens is 6. The predicted octanol–water partition coefficient (Wildman–Crippen LogP) is 1.21. The summed E-state index contributed by atoms with van der Waals surface area (Å²) >= 11 is 5.35. The van der Waals surface area contributed by atoms with Crippen molar-refractivity contribution in [3.8, 4) is 5.95 Å². The highest BCUT2D eigenvalue weighted by atomic mass is 32.1. The number of aryl methyl sites for hydroxylation is 1. The Balaban J connectivity index is 2.50. The summed E-state index contributed by atoms with van der Waals surface area (Å²) in [5.41, 5.74) is 2.01. The Morgan fingerprint density at radius 2 is 2.00 bits per heavy atom. The van der Waals surface area contributed by atoms with Crippen LogP contribution >= 0.6 is 12.2 Å². The van der Waals surface area contributed by atoms with Crippen molar-refractivity contribution in [1.29, 1.82) is 0 Å². The highest BCUT2D eigenvalue weighted by Crippen LogP contribution is 2.18. The Bertz CT molecular complexity index is 692. The zero-order valence-electron chi connectivity index (χ0n) is 8.45. The van der Waals surface area contributed by atoms with E-state index in [4.69, 9.17) is 12.2 Å². The van der Waals surface area contributed by atoms with Crippen molar-refractivity contribution in [3.05, 3.63) is 29.0 Å². The van der Waals surface area contributed by atoms with Gasteiger partial charge in [-0.3, -0.25) is 4.57 Å². The Kier molecular flexibility index (Phi) is 1.87. The van der Waals surface area contributed by atoms with Crippen LogP contribution in [0.2, 0.25) is 0 Å². The average Bonchev–Trinajstić information content (AvgIpc) is 2.89. The van der Waals surface area contributed by atoms with E-state index in [9.17, 15) is 0 Å². The summed E-state index contributed by atoms with van der Waals surface area (Å²) in [6.07, 6.45) is 0. The van der Waals surface area contributed by atoms with Gasteiger partial charge in [0.25, 0.3) is 5.95 Å². The van der Waals surface area contributed by atoms with Gasteiger partial charge in [0.15, 0.2) is 4.77 Å². The molecule has 2 aromatic heterocycles. The van der Waals surface area contributed by atoms with E-state index in [1.54, 1.807) is 4.57 Å². The topological polar surface area (TPSA) is 64.3 Å². The number of para-hydroxylation sites is 2. The molecule has 0 fully saturated rings. The number of aromatic amines is 1. The second-order valence-corrected chi connectivity index (χ2v) is 3.74. The van der Waals surface area contributed by atoms with Crippen LogP contribution in [-0.4, -0.2) is 29.8 Å². The smallest absolute Gasteiger partial charge is 0.276 e. The molecule has 6 nitrogen and oxygen atoms in total. The zero-order chi connectivity index (χ0) is 11.1. The lowest BCUT2D eigenvalue weighted by Crippen LogP contribution is -1.98. The molecule has 0 aliphatic carbocycles. The Morgan fingerprint density at radius 1 is 1.25 bits per heavy atom. The molecule has 16 heavy (non-hydrogen) atoms. The molecule has 0 spiro atoms. The van der Waals surface area contributed by atoms with Crippen LogP contribution in [0.15, 0.2) is 24.3 Å². The van der Waals surface area contributed by atoms with Crippen molar-refractivity contribution in [2.24, 2.45) is 7.05 Å². The molecule has 0 aliphatic heterocycles. The minimum absolute atomic E-state index is 0.460. The van der Waals surface area contributed by atoms with Crippen LogP contribution in [0.1, 0.15) is 0 Å². The van der Waals surface area contributed by atoms with Crippen molar-refractivity contribution in [3.63, 3.8) is 0 Å². The molecule has 0 aliphatic rings. The number of imidazole rings is 1. The number of nitrogens with zero attached hydrogens (tertiary/aromatic N) is 5. The lowest BCUT2D eigenvalue weighted by atomic mass is 10.3. The molecule has 0 saturated heterocycles. The molecule has 80 valence electrons. The van der Waals surface area contributed by atoms with Crippen molar-refractivity contribution in [2.45, 2.75) is 0 Å². The van der Waals surface area contributed by atoms with Gasteiger partial charge >= 0.3 is 0 Å². The molecule has 1 N–H and O–H groups in total. The monoisotopic (exact) mass is 232 g/mol. The highest BCUT2D eigenvalue weighted by Gasteiger charge is 2.11. The fourth-order valence-corrected chi connectivity index (χ4v) is 2.02. The molecule has 3 aromatic rings. The van der Waals surface area contributed by atoms with Crippen molar-refractivity contribution in [2.75, 3.05) is 0 Å². The first-order chi connectivity index (χ1) is 7.79. The van der Waals surface area contributed by atoms with Crippen LogP contribution in [0.4, 0.5) is 0 Å². The van der Waals surface area contributed by atoms with Gasteiger partial charge in [-0.1, -0.05) is 17.2 Å². The summed E-state index contributed by atoms with van der Waals surface area (Å²) in [6, 6.07) is 7.90. The Labute approximate surface area is 95.5 Å². The third-order valence-electron chi connectivity index (χ3n) is 2.50. The van der Waals surface area contributed by atoms with Crippen molar-refractivity contribution in [1.82, 2.24) is 29.8 Å². The summed E-state index contributed by atoms with van der Waals surface area (Å²) < 4.78 is 4.34. The molecule has 0 saturated carbocycles. The van der Waals surface area contributed by atoms with Gasteiger partial charge in [0.1, 0.15) is 0 Å². The van der Waals surface area contributed by atoms with Crippen LogP contribution in [0.5, 0.6) is 0 Å². The van der Waals surface area contributed by atoms with Gasteiger partial charge in [-0.15, -0.1) is 5.10 Å². The van der Waals surface area contributed by atoms with E-state index in [0.29, 0.717) is 10.7 Å². The number of H-pyrrole nitrogens is 1. The molecule has 1 aromatic carbocycles. The second kappa shape index (κ2) is 3.24. The summed E-state index contributed by atoms with van der Waals surface area (Å²) in [5.74, 6) is 0.460. The molecule has 7 heteroatoms. The Morgan fingerprint density at radius 3 is 2.69 bits per heavy atom. The van der Waals surface area contributed by atoms with E-state index in [2.05, 4.69) is 20.6 Å². The minimum Gasteiger partial charge on any atom is -0.319 e. The van der Waals surface area contributed by atoms with Crippen molar-refractivity contribution < 1.29 is 0 Å². The highest BCUT2D eigenvalue weighted by molar-refractivity contribution is 7.71. The zero-order valence-corrected chi connectivity index (χ0v) is 9.27. The molecular weight excluding hydrogens is 224 g/mol. The predicted molar refractivity (Wildman–Crippen MR) is 60.8 cm³/mol. The molecule has 0 radical (unpaired) electrons.